The molecule has 6 nitrogen and oxygen atoms in total. The molecule has 1 aromatic carbocycles. The largest absolute Gasteiger partial charge is 0.288 e. The molecule has 0 spiro atoms. The predicted molar refractivity (Wildman–Crippen MR) is 97.3 cm³/mol. The van der Waals surface area contributed by atoms with E-state index >= 15 is 0 Å². The maximum atomic E-state index is 12.6. The Bertz CT molecular complexity index is 870. The fourth-order valence-corrected chi connectivity index (χ4v) is 2.86. The van der Waals surface area contributed by atoms with Gasteiger partial charge in [-0.2, -0.15) is 5.10 Å². The second kappa shape index (κ2) is 7.31. The summed E-state index contributed by atoms with van der Waals surface area (Å²) >= 11 is 1.55. The van der Waals surface area contributed by atoms with E-state index in [0.29, 0.717) is 11.4 Å². The Morgan fingerprint density at radius 2 is 1.84 bits per heavy atom. The zero-order chi connectivity index (χ0) is 17.8. The van der Waals surface area contributed by atoms with E-state index in [1.54, 1.807) is 35.9 Å². The van der Waals surface area contributed by atoms with E-state index in [1.807, 2.05) is 47.8 Å². The molecule has 0 bridgehead atoms. The Kier molecular flexibility index (Phi) is 4.95. The Labute approximate surface area is 149 Å². The Hall–Kier alpha value is -2.93. The Morgan fingerprint density at radius 3 is 2.48 bits per heavy atom. The lowest BCUT2D eigenvalue weighted by Gasteiger charge is -2.10. The molecule has 2 N–H and O–H groups in total. The second-order valence-corrected chi connectivity index (χ2v) is 6.69. The third-order valence-corrected chi connectivity index (χ3v) is 4.43. The zero-order valence-electron chi connectivity index (χ0n) is 13.9. The fourth-order valence-electron chi connectivity index (χ4n) is 2.18. The van der Waals surface area contributed by atoms with Crippen LogP contribution >= 0.6 is 11.3 Å². The molecule has 0 aliphatic rings. The molecular formula is C18H18N4O2S. The van der Waals surface area contributed by atoms with Crippen molar-refractivity contribution in [3.63, 3.8) is 0 Å². The van der Waals surface area contributed by atoms with Crippen LogP contribution in [0, 0.1) is 5.92 Å². The number of para-hydroxylation sites is 1. The molecule has 0 aliphatic carbocycles. The van der Waals surface area contributed by atoms with E-state index in [9.17, 15) is 9.59 Å². The third kappa shape index (κ3) is 3.77. The number of hydrogen-bond donors (Lipinski definition) is 2. The van der Waals surface area contributed by atoms with Crippen molar-refractivity contribution in [3.05, 3.63) is 59.6 Å². The van der Waals surface area contributed by atoms with Crippen molar-refractivity contribution in [1.82, 2.24) is 20.6 Å². The van der Waals surface area contributed by atoms with Gasteiger partial charge in [-0.25, -0.2) is 4.68 Å². The van der Waals surface area contributed by atoms with Gasteiger partial charge in [-0.3, -0.25) is 20.4 Å². The molecule has 0 radical (unpaired) electrons. The van der Waals surface area contributed by atoms with Gasteiger partial charge in [0.15, 0.2) is 0 Å². The number of nitrogens with one attached hydrogen (secondary N) is 2. The maximum absolute atomic E-state index is 12.6. The maximum Gasteiger partial charge on any atom is 0.288 e. The average Bonchev–Trinajstić information content (AvgIpc) is 3.29. The van der Waals surface area contributed by atoms with Crippen molar-refractivity contribution in [2.75, 3.05) is 0 Å². The highest BCUT2D eigenvalue weighted by atomic mass is 32.1. The van der Waals surface area contributed by atoms with Crippen molar-refractivity contribution in [1.29, 1.82) is 0 Å². The first-order valence-corrected chi connectivity index (χ1v) is 8.74. The number of carbonyl (C=O) groups is 2. The van der Waals surface area contributed by atoms with Crippen LogP contribution in [0.3, 0.4) is 0 Å². The fraction of sp³-hybridized carbons (Fsp3) is 0.167. The predicted octanol–water partition coefficient (Wildman–Crippen LogP) is 3.02. The summed E-state index contributed by atoms with van der Waals surface area (Å²) in [7, 11) is 0. The molecule has 0 aliphatic heterocycles. The van der Waals surface area contributed by atoms with Crippen LogP contribution in [0.5, 0.6) is 0 Å². The molecule has 0 saturated carbocycles. The number of nitrogens with zero attached hydrogens (tertiary/aromatic N) is 2. The molecule has 3 aromatic rings. The minimum atomic E-state index is -0.423. The van der Waals surface area contributed by atoms with Crippen LogP contribution < -0.4 is 10.9 Å². The summed E-state index contributed by atoms with van der Waals surface area (Å²) in [5.41, 5.74) is 6.70. The van der Waals surface area contributed by atoms with Crippen LogP contribution in [0.1, 0.15) is 24.3 Å². The van der Waals surface area contributed by atoms with Crippen molar-refractivity contribution >= 4 is 23.2 Å². The second-order valence-electron chi connectivity index (χ2n) is 5.74. The number of rotatable bonds is 4. The van der Waals surface area contributed by atoms with Gasteiger partial charge in [0.2, 0.25) is 5.91 Å². The third-order valence-electron chi connectivity index (χ3n) is 3.54. The highest BCUT2D eigenvalue weighted by Gasteiger charge is 2.19. The molecular weight excluding hydrogens is 336 g/mol. The van der Waals surface area contributed by atoms with Crippen molar-refractivity contribution < 1.29 is 9.59 Å². The van der Waals surface area contributed by atoms with Crippen molar-refractivity contribution in [3.8, 4) is 16.3 Å². The molecule has 25 heavy (non-hydrogen) atoms. The molecule has 128 valence electrons. The molecule has 3 rings (SSSR count). The van der Waals surface area contributed by atoms with Crippen molar-refractivity contribution in [2.45, 2.75) is 13.8 Å². The summed E-state index contributed by atoms with van der Waals surface area (Å²) in [5.74, 6) is -0.897. The average molecular weight is 354 g/mol. The topological polar surface area (TPSA) is 76.0 Å². The van der Waals surface area contributed by atoms with Gasteiger partial charge in [-0.1, -0.05) is 38.1 Å². The summed E-state index contributed by atoms with van der Waals surface area (Å²) in [6, 6.07) is 15.0. The highest BCUT2D eigenvalue weighted by molar-refractivity contribution is 7.13. The van der Waals surface area contributed by atoms with Crippen LogP contribution in [0.25, 0.3) is 16.3 Å². The summed E-state index contributed by atoms with van der Waals surface area (Å²) in [6.45, 7) is 3.51. The number of aromatic nitrogens is 2. The van der Waals surface area contributed by atoms with E-state index in [0.717, 1.165) is 10.6 Å². The lowest BCUT2D eigenvalue weighted by atomic mass is 10.2. The summed E-state index contributed by atoms with van der Waals surface area (Å²) in [4.78, 5) is 25.2. The number of carbonyl (C=O) groups excluding carboxylic acids is 2. The first-order valence-electron chi connectivity index (χ1n) is 7.86. The van der Waals surface area contributed by atoms with Gasteiger partial charge in [0.25, 0.3) is 5.91 Å². The van der Waals surface area contributed by atoms with Crippen LogP contribution in [-0.4, -0.2) is 21.6 Å². The molecule has 7 heteroatoms. The van der Waals surface area contributed by atoms with Gasteiger partial charge >= 0.3 is 0 Å². The van der Waals surface area contributed by atoms with Gasteiger partial charge in [0.1, 0.15) is 11.4 Å². The lowest BCUT2D eigenvalue weighted by Crippen LogP contribution is -2.44. The van der Waals surface area contributed by atoms with Crippen molar-refractivity contribution in [2.24, 2.45) is 5.92 Å². The number of thiophene rings is 1. The van der Waals surface area contributed by atoms with Gasteiger partial charge in [0.05, 0.1) is 10.6 Å². The molecule has 2 heterocycles. The quantitative estimate of drug-likeness (QED) is 0.707. The molecule has 0 atom stereocenters. The Balaban J connectivity index is 1.94. The molecule has 0 fully saturated rings. The van der Waals surface area contributed by atoms with Crippen LogP contribution in [0.15, 0.2) is 53.9 Å². The molecule has 0 unspecified atom stereocenters. The standard InChI is InChI=1S/C18H18N4O2S/c1-12(2)17(23)19-20-18(24)15-11-14(16-9-6-10-25-16)21-22(15)13-7-4-3-5-8-13/h3-12H,1-2H3,(H,19,23)(H,20,24). The van der Waals surface area contributed by atoms with E-state index in [2.05, 4.69) is 16.0 Å². The SMILES string of the molecule is CC(C)C(=O)NNC(=O)c1cc(-c2cccs2)nn1-c1ccccc1. The smallest absolute Gasteiger partial charge is 0.273 e. The highest BCUT2D eigenvalue weighted by Crippen LogP contribution is 2.25. The summed E-state index contributed by atoms with van der Waals surface area (Å²) < 4.78 is 1.58. The van der Waals surface area contributed by atoms with E-state index < -0.39 is 5.91 Å². The minimum absolute atomic E-state index is 0.221. The van der Waals surface area contributed by atoms with Crippen LogP contribution in [-0.2, 0) is 4.79 Å². The normalized spacial score (nSPS) is 10.7. The van der Waals surface area contributed by atoms with Gasteiger partial charge in [-0.15, -0.1) is 11.3 Å². The van der Waals surface area contributed by atoms with E-state index in [-0.39, 0.29) is 11.8 Å². The lowest BCUT2D eigenvalue weighted by molar-refractivity contribution is -0.124. The van der Waals surface area contributed by atoms with Gasteiger partial charge in [0, 0.05) is 5.92 Å². The number of amides is 2. The Morgan fingerprint density at radius 1 is 1.08 bits per heavy atom. The minimum Gasteiger partial charge on any atom is -0.273 e. The first-order chi connectivity index (χ1) is 12.1. The number of hydrazine groups is 1. The van der Waals surface area contributed by atoms with Gasteiger partial charge in [-0.05, 0) is 29.6 Å². The summed E-state index contributed by atoms with van der Waals surface area (Å²) in [6.07, 6.45) is 0. The zero-order valence-corrected chi connectivity index (χ0v) is 14.7. The molecule has 0 saturated heterocycles. The monoisotopic (exact) mass is 354 g/mol. The van der Waals surface area contributed by atoms with E-state index in [4.69, 9.17) is 0 Å². The van der Waals surface area contributed by atoms with E-state index in [1.165, 1.54) is 0 Å². The van der Waals surface area contributed by atoms with Crippen LogP contribution in [0.2, 0.25) is 0 Å². The number of hydrogen-bond acceptors (Lipinski definition) is 4. The molecule has 2 aromatic heterocycles. The first kappa shape index (κ1) is 16.9. The number of benzene rings is 1. The van der Waals surface area contributed by atoms with Gasteiger partial charge < -0.3 is 0 Å². The van der Waals surface area contributed by atoms with Crippen LogP contribution in [0.4, 0.5) is 0 Å². The molecule has 2 amide bonds. The summed E-state index contributed by atoms with van der Waals surface area (Å²) in [5, 5.41) is 6.52.